The van der Waals surface area contributed by atoms with E-state index >= 15 is 0 Å². The lowest BCUT2D eigenvalue weighted by Gasteiger charge is -2.13. The van der Waals surface area contributed by atoms with E-state index in [1.165, 1.54) is 6.07 Å². The zero-order valence-corrected chi connectivity index (χ0v) is 10.1. The van der Waals surface area contributed by atoms with Crippen LogP contribution in [0.5, 0.6) is 0 Å². The molecule has 3 nitrogen and oxygen atoms in total. The molecule has 1 unspecified atom stereocenters. The Bertz CT molecular complexity index is 427. The topological polar surface area (TPSA) is 60.2 Å². The van der Waals surface area contributed by atoms with Crippen molar-refractivity contribution in [1.82, 2.24) is 0 Å². The van der Waals surface area contributed by atoms with Crippen molar-refractivity contribution >= 4 is 21.4 Å². The fourth-order valence-electron chi connectivity index (χ4n) is 1.35. The van der Waals surface area contributed by atoms with Crippen LogP contribution in [0.2, 0.25) is 5.02 Å². The molecule has 0 aliphatic rings. The zero-order chi connectivity index (χ0) is 11.5. The predicted octanol–water partition coefficient (Wildman–Crippen LogP) is 1.85. The molecule has 0 aliphatic carbocycles. The average molecular weight is 248 g/mol. The summed E-state index contributed by atoms with van der Waals surface area (Å²) < 4.78 is 24.0. The van der Waals surface area contributed by atoms with E-state index < -0.39 is 15.1 Å². The van der Waals surface area contributed by atoms with E-state index in [0.29, 0.717) is 11.4 Å². The van der Waals surface area contributed by atoms with Gasteiger partial charge in [-0.1, -0.05) is 24.6 Å². The number of hydrogen-bond donors (Lipinski definition) is 1. The highest BCUT2D eigenvalue weighted by Crippen LogP contribution is 2.20. The first-order chi connectivity index (χ1) is 7.02. The highest BCUT2D eigenvalue weighted by atomic mass is 35.5. The van der Waals surface area contributed by atoms with Crippen LogP contribution >= 0.6 is 11.6 Å². The highest BCUT2D eigenvalue weighted by molar-refractivity contribution is 7.92. The van der Waals surface area contributed by atoms with Gasteiger partial charge in [-0.05, 0) is 24.6 Å². The first-order valence-electron chi connectivity index (χ1n) is 4.72. The van der Waals surface area contributed by atoms with Crippen molar-refractivity contribution in [1.29, 1.82) is 0 Å². The molecule has 0 amide bonds. The Morgan fingerprint density at radius 3 is 2.60 bits per heavy atom. The lowest BCUT2D eigenvalue weighted by Crippen LogP contribution is -2.29. The molecule has 0 spiro atoms. The molecule has 2 N–H and O–H groups in total. The molecule has 5 heteroatoms. The van der Waals surface area contributed by atoms with E-state index in [0.717, 1.165) is 0 Å². The van der Waals surface area contributed by atoms with Gasteiger partial charge in [0.15, 0.2) is 9.84 Å². The maximum Gasteiger partial charge on any atom is 0.182 e. The molecule has 0 fully saturated rings. The number of sulfone groups is 1. The SMILES string of the molecule is CCC(CN)S(=O)(=O)c1cccc(Cl)c1. The molecule has 0 aliphatic heterocycles. The first kappa shape index (κ1) is 12.5. The summed E-state index contributed by atoms with van der Waals surface area (Å²) in [6.45, 7) is 1.94. The number of halogens is 1. The van der Waals surface area contributed by atoms with E-state index in [2.05, 4.69) is 0 Å². The van der Waals surface area contributed by atoms with Crippen molar-refractivity contribution < 1.29 is 8.42 Å². The molecular weight excluding hydrogens is 234 g/mol. The Hall–Kier alpha value is -0.580. The Balaban J connectivity index is 3.16. The van der Waals surface area contributed by atoms with Gasteiger partial charge >= 0.3 is 0 Å². The molecule has 0 heterocycles. The molecule has 15 heavy (non-hydrogen) atoms. The molecule has 0 saturated heterocycles. The van der Waals surface area contributed by atoms with Gasteiger partial charge in [0.25, 0.3) is 0 Å². The van der Waals surface area contributed by atoms with E-state index in [1.807, 2.05) is 0 Å². The van der Waals surface area contributed by atoms with Crippen LogP contribution in [0.3, 0.4) is 0 Å². The number of hydrogen-bond acceptors (Lipinski definition) is 3. The fourth-order valence-corrected chi connectivity index (χ4v) is 3.24. The normalized spacial score (nSPS) is 13.8. The van der Waals surface area contributed by atoms with Crippen LogP contribution in [-0.4, -0.2) is 20.2 Å². The van der Waals surface area contributed by atoms with E-state index in [-0.39, 0.29) is 11.4 Å². The standard InChI is InChI=1S/C10H14ClNO2S/c1-2-9(7-12)15(13,14)10-5-3-4-8(11)6-10/h3-6,9H,2,7,12H2,1H3. The summed E-state index contributed by atoms with van der Waals surface area (Å²) in [7, 11) is -3.33. The summed E-state index contributed by atoms with van der Waals surface area (Å²) in [4.78, 5) is 0.243. The molecule has 84 valence electrons. The maximum atomic E-state index is 12.0. The monoisotopic (exact) mass is 247 g/mol. The average Bonchev–Trinajstić information content (AvgIpc) is 2.19. The van der Waals surface area contributed by atoms with Gasteiger partial charge in [0, 0.05) is 11.6 Å². The van der Waals surface area contributed by atoms with Gasteiger partial charge in [0.1, 0.15) is 0 Å². The molecule has 1 rings (SSSR count). The third-order valence-corrected chi connectivity index (χ3v) is 4.83. The predicted molar refractivity (Wildman–Crippen MR) is 61.8 cm³/mol. The summed E-state index contributed by atoms with van der Waals surface area (Å²) in [6, 6.07) is 6.26. The van der Waals surface area contributed by atoms with Crippen molar-refractivity contribution in [2.75, 3.05) is 6.54 Å². The minimum Gasteiger partial charge on any atom is -0.329 e. The van der Waals surface area contributed by atoms with Gasteiger partial charge in [0.2, 0.25) is 0 Å². The minimum atomic E-state index is -3.33. The van der Waals surface area contributed by atoms with Crippen LogP contribution in [0.15, 0.2) is 29.2 Å². The second kappa shape index (κ2) is 4.96. The third kappa shape index (κ3) is 2.71. The van der Waals surface area contributed by atoms with Crippen LogP contribution in [-0.2, 0) is 9.84 Å². The second-order valence-electron chi connectivity index (χ2n) is 3.27. The Kier molecular flexibility index (Phi) is 4.13. The van der Waals surface area contributed by atoms with Gasteiger partial charge in [-0.2, -0.15) is 0 Å². The first-order valence-corrected chi connectivity index (χ1v) is 6.64. The number of nitrogens with two attached hydrogens (primary N) is 1. The molecule has 1 aromatic rings. The summed E-state index contributed by atoms with van der Waals surface area (Å²) in [5.74, 6) is 0. The van der Waals surface area contributed by atoms with Crippen LogP contribution in [0, 0.1) is 0 Å². The van der Waals surface area contributed by atoms with Crippen molar-refractivity contribution in [3.8, 4) is 0 Å². The van der Waals surface area contributed by atoms with Gasteiger partial charge in [-0.15, -0.1) is 0 Å². The molecule has 0 aromatic heterocycles. The van der Waals surface area contributed by atoms with Crippen LogP contribution < -0.4 is 5.73 Å². The zero-order valence-electron chi connectivity index (χ0n) is 8.48. The summed E-state index contributed by atoms with van der Waals surface area (Å²) in [5.41, 5.74) is 5.43. The Morgan fingerprint density at radius 1 is 1.47 bits per heavy atom. The molecule has 1 aromatic carbocycles. The van der Waals surface area contributed by atoms with E-state index in [1.54, 1.807) is 25.1 Å². The highest BCUT2D eigenvalue weighted by Gasteiger charge is 2.24. The van der Waals surface area contributed by atoms with E-state index in [9.17, 15) is 8.42 Å². The minimum absolute atomic E-state index is 0.130. The molecule has 1 atom stereocenters. The van der Waals surface area contributed by atoms with Crippen molar-refractivity contribution in [3.63, 3.8) is 0 Å². The summed E-state index contributed by atoms with van der Waals surface area (Å²) >= 11 is 5.75. The maximum absolute atomic E-state index is 12.0. The van der Waals surface area contributed by atoms with Crippen LogP contribution in [0.4, 0.5) is 0 Å². The van der Waals surface area contributed by atoms with Gasteiger partial charge in [0.05, 0.1) is 10.1 Å². The quantitative estimate of drug-likeness (QED) is 0.883. The number of benzene rings is 1. The Morgan fingerprint density at radius 2 is 2.13 bits per heavy atom. The van der Waals surface area contributed by atoms with Crippen LogP contribution in [0.25, 0.3) is 0 Å². The number of rotatable bonds is 4. The van der Waals surface area contributed by atoms with Crippen molar-refractivity contribution in [3.05, 3.63) is 29.3 Å². The largest absolute Gasteiger partial charge is 0.329 e. The summed E-state index contributed by atoms with van der Waals surface area (Å²) in [5, 5.41) is -0.112. The van der Waals surface area contributed by atoms with Crippen LogP contribution in [0.1, 0.15) is 13.3 Å². The third-order valence-electron chi connectivity index (χ3n) is 2.28. The smallest absolute Gasteiger partial charge is 0.182 e. The van der Waals surface area contributed by atoms with Gasteiger partial charge < -0.3 is 5.73 Å². The lowest BCUT2D eigenvalue weighted by molar-refractivity contribution is 0.576. The summed E-state index contributed by atoms with van der Waals surface area (Å²) in [6.07, 6.45) is 0.505. The van der Waals surface area contributed by atoms with E-state index in [4.69, 9.17) is 17.3 Å². The van der Waals surface area contributed by atoms with Gasteiger partial charge in [-0.25, -0.2) is 8.42 Å². The molecule has 0 bridgehead atoms. The van der Waals surface area contributed by atoms with Crippen molar-refractivity contribution in [2.45, 2.75) is 23.5 Å². The second-order valence-corrected chi connectivity index (χ2v) is 5.93. The van der Waals surface area contributed by atoms with Crippen molar-refractivity contribution in [2.24, 2.45) is 5.73 Å². The fraction of sp³-hybridized carbons (Fsp3) is 0.400. The molecule has 0 radical (unpaired) electrons. The Labute approximate surface area is 95.2 Å². The molecule has 0 saturated carbocycles. The molecular formula is C10H14ClNO2S. The lowest BCUT2D eigenvalue weighted by atomic mass is 10.3. The van der Waals surface area contributed by atoms with Gasteiger partial charge in [-0.3, -0.25) is 0 Å².